The molecule has 1 rings (SSSR count). The zero-order valence-electron chi connectivity index (χ0n) is 7.53. The Bertz CT molecular complexity index is 386. The molecular weight excluding hydrogens is 218 g/mol. The van der Waals surface area contributed by atoms with E-state index in [1.54, 1.807) is 31.2 Å². The van der Waals surface area contributed by atoms with Crippen LogP contribution in [0.4, 0.5) is 0 Å². The van der Waals surface area contributed by atoms with Gasteiger partial charge in [0.1, 0.15) is 5.40 Å². The summed E-state index contributed by atoms with van der Waals surface area (Å²) in [6, 6.07) is 6.74. The number of benzene rings is 1. The summed E-state index contributed by atoms with van der Waals surface area (Å²) in [4.78, 5) is 11.7. The Hall–Kier alpha value is -0.980. The SMILES string of the molecule is CC(SC#N)C(=O)c1cccc(Cl)c1. The second-order valence-electron chi connectivity index (χ2n) is 2.73. The average Bonchev–Trinajstić information content (AvgIpc) is 2.17. The van der Waals surface area contributed by atoms with E-state index in [1.165, 1.54) is 0 Å². The lowest BCUT2D eigenvalue weighted by Gasteiger charge is -2.05. The van der Waals surface area contributed by atoms with Gasteiger partial charge in [-0.3, -0.25) is 4.79 Å². The molecule has 0 bridgehead atoms. The number of rotatable bonds is 3. The van der Waals surface area contributed by atoms with E-state index in [-0.39, 0.29) is 11.0 Å². The second kappa shape index (κ2) is 5.04. The zero-order chi connectivity index (χ0) is 10.6. The van der Waals surface area contributed by atoms with E-state index in [0.717, 1.165) is 11.8 Å². The van der Waals surface area contributed by atoms with E-state index in [2.05, 4.69) is 0 Å². The molecule has 2 nitrogen and oxygen atoms in total. The Morgan fingerprint density at radius 3 is 2.93 bits per heavy atom. The minimum atomic E-state index is -0.349. The predicted molar refractivity (Wildman–Crippen MR) is 58.4 cm³/mol. The van der Waals surface area contributed by atoms with Crippen molar-refractivity contribution in [3.05, 3.63) is 34.9 Å². The fourth-order valence-electron chi connectivity index (χ4n) is 1.01. The summed E-state index contributed by atoms with van der Waals surface area (Å²) in [5.41, 5.74) is 0.549. The van der Waals surface area contributed by atoms with E-state index < -0.39 is 0 Å². The molecule has 0 aliphatic heterocycles. The molecule has 1 aromatic carbocycles. The normalized spacial score (nSPS) is 11.8. The molecule has 14 heavy (non-hydrogen) atoms. The third-order valence-corrected chi connectivity index (χ3v) is 2.62. The van der Waals surface area contributed by atoms with Crippen molar-refractivity contribution in [1.29, 1.82) is 5.26 Å². The minimum Gasteiger partial charge on any atom is -0.293 e. The molecule has 0 saturated heterocycles. The van der Waals surface area contributed by atoms with Gasteiger partial charge in [-0.1, -0.05) is 23.7 Å². The molecule has 0 amide bonds. The first-order chi connectivity index (χ1) is 6.65. The number of nitrogens with zero attached hydrogens (tertiary/aromatic N) is 1. The number of thiocyanates is 1. The zero-order valence-corrected chi connectivity index (χ0v) is 9.10. The van der Waals surface area contributed by atoms with E-state index in [4.69, 9.17) is 16.9 Å². The van der Waals surface area contributed by atoms with Gasteiger partial charge in [0.2, 0.25) is 0 Å². The summed E-state index contributed by atoms with van der Waals surface area (Å²) in [7, 11) is 0. The quantitative estimate of drug-likeness (QED) is 0.586. The number of hydrogen-bond donors (Lipinski definition) is 0. The fraction of sp³-hybridized carbons (Fsp3) is 0.200. The van der Waals surface area contributed by atoms with E-state index in [0.29, 0.717) is 10.6 Å². The lowest BCUT2D eigenvalue weighted by atomic mass is 10.1. The summed E-state index contributed by atoms with van der Waals surface area (Å²) >= 11 is 6.70. The first kappa shape index (κ1) is 11.1. The number of carbonyl (C=O) groups is 1. The first-order valence-electron chi connectivity index (χ1n) is 3.99. The molecule has 0 fully saturated rings. The maximum Gasteiger partial charge on any atom is 0.176 e. The van der Waals surface area contributed by atoms with Crippen LogP contribution in [0.15, 0.2) is 24.3 Å². The van der Waals surface area contributed by atoms with Crippen LogP contribution >= 0.6 is 23.4 Å². The van der Waals surface area contributed by atoms with Crippen molar-refractivity contribution in [3.63, 3.8) is 0 Å². The molecular formula is C10H8ClNOS. The highest BCUT2D eigenvalue weighted by Gasteiger charge is 2.15. The minimum absolute atomic E-state index is 0.0703. The Morgan fingerprint density at radius 1 is 1.64 bits per heavy atom. The lowest BCUT2D eigenvalue weighted by molar-refractivity contribution is 0.0994. The van der Waals surface area contributed by atoms with Crippen LogP contribution in [-0.4, -0.2) is 11.0 Å². The lowest BCUT2D eigenvalue weighted by Crippen LogP contribution is -2.12. The van der Waals surface area contributed by atoms with Gasteiger partial charge in [-0.15, -0.1) is 0 Å². The van der Waals surface area contributed by atoms with Gasteiger partial charge >= 0.3 is 0 Å². The number of Topliss-reactive ketones (excluding diaryl/α,β-unsaturated/α-hetero) is 1. The number of thioether (sulfide) groups is 1. The number of hydrogen-bond acceptors (Lipinski definition) is 3. The standard InChI is InChI=1S/C10H8ClNOS/c1-7(14-6-12)10(13)8-3-2-4-9(11)5-8/h2-5,7H,1H3. The van der Waals surface area contributed by atoms with Crippen LogP contribution in [0.3, 0.4) is 0 Å². The molecule has 4 heteroatoms. The second-order valence-corrected chi connectivity index (χ2v) is 4.29. The van der Waals surface area contributed by atoms with Gasteiger partial charge in [-0.05, 0) is 30.8 Å². The molecule has 72 valence electrons. The number of nitriles is 1. The summed E-state index contributed by atoms with van der Waals surface area (Å²) < 4.78 is 0. The van der Waals surface area contributed by atoms with Crippen molar-refractivity contribution < 1.29 is 4.79 Å². The fourth-order valence-corrected chi connectivity index (χ4v) is 1.60. The molecule has 0 N–H and O–H groups in total. The van der Waals surface area contributed by atoms with Gasteiger partial charge in [0.25, 0.3) is 0 Å². The summed E-state index contributed by atoms with van der Waals surface area (Å²) in [5, 5.41) is 10.5. The third kappa shape index (κ3) is 2.76. The van der Waals surface area contributed by atoms with Gasteiger partial charge in [0, 0.05) is 10.6 Å². The molecule has 0 saturated carbocycles. The number of ketones is 1. The summed E-state index contributed by atoms with van der Waals surface area (Å²) in [6.45, 7) is 1.71. The number of halogens is 1. The molecule has 1 unspecified atom stereocenters. The number of carbonyl (C=O) groups excluding carboxylic acids is 1. The Balaban J connectivity index is 2.85. The monoisotopic (exact) mass is 225 g/mol. The van der Waals surface area contributed by atoms with Crippen molar-refractivity contribution in [2.45, 2.75) is 12.2 Å². The van der Waals surface area contributed by atoms with Crippen LogP contribution in [0.5, 0.6) is 0 Å². The van der Waals surface area contributed by atoms with Crippen LogP contribution in [-0.2, 0) is 0 Å². The van der Waals surface area contributed by atoms with E-state index in [9.17, 15) is 4.79 Å². The van der Waals surface area contributed by atoms with Gasteiger partial charge in [0.15, 0.2) is 5.78 Å². The van der Waals surface area contributed by atoms with Crippen LogP contribution in [0.1, 0.15) is 17.3 Å². The maximum absolute atomic E-state index is 11.7. The molecule has 0 aliphatic rings. The van der Waals surface area contributed by atoms with Crippen LogP contribution in [0, 0.1) is 10.7 Å². The smallest absolute Gasteiger partial charge is 0.176 e. The van der Waals surface area contributed by atoms with Gasteiger partial charge in [-0.2, -0.15) is 5.26 Å². The average molecular weight is 226 g/mol. The van der Waals surface area contributed by atoms with Crippen molar-refractivity contribution in [3.8, 4) is 5.40 Å². The highest BCUT2D eigenvalue weighted by Crippen LogP contribution is 2.17. The van der Waals surface area contributed by atoms with Crippen LogP contribution in [0.2, 0.25) is 5.02 Å². The van der Waals surface area contributed by atoms with Crippen molar-refractivity contribution in [2.24, 2.45) is 0 Å². The highest BCUT2D eigenvalue weighted by molar-refractivity contribution is 8.04. The largest absolute Gasteiger partial charge is 0.293 e. The van der Waals surface area contributed by atoms with Gasteiger partial charge in [0.05, 0.1) is 5.25 Å². The van der Waals surface area contributed by atoms with Crippen LogP contribution in [0.25, 0.3) is 0 Å². The topological polar surface area (TPSA) is 40.9 Å². The third-order valence-electron chi connectivity index (χ3n) is 1.71. The van der Waals surface area contributed by atoms with Crippen molar-refractivity contribution in [1.82, 2.24) is 0 Å². The van der Waals surface area contributed by atoms with Crippen molar-refractivity contribution >= 4 is 29.1 Å². The van der Waals surface area contributed by atoms with Crippen LogP contribution < -0.4 is 0 Å². The maximum atomic E-state index is 11.7. The molecule has 1 aromatic rings. The molecule has 0 aliphatic carbocycles. The molecule has 0 spiro atoms. The predicted octanol–water partition coefficient (Wildman–Crippen LogP) is 3.13. The molecule has 0 heterocycles. The van der Waals surface area contributed by atoms with Gasteiger partial charge in [-0.25, -0.2) is 0 Å². The van der Waals surface area contributed by atoms with Crippen molar-refractivity contribution in [2.75, 3.05) is 0 Å². The van der Waals surface area contributed by atoms with Gasteiger partial charge < -0.3 is 0 Å². The first-order valence-corrected chi connectivity index (χ1v) is 5.25. The summed E-state index contributed by atoms with van der Waals surface area (Å²) in [5.74, 6) is -0.0703. The summed E-state index contributed by atoms with van der Waals surface area (Å²) in [6.07, 6.45) is 0. The highest BCUT2D eigenvalue weighted by atomic mass is 35.5. The molecule has 0 radical (unpaired) electrons. The van der Waals surface area contributed by atoms with E-state index >= 15 is 0 Å². The molecule has 1 atom stereocenters. The Kier molecular flexibility index (Phi) is 3.99. The Labute approximate surface area is 91.9 Å². The van der Waals surface area contributed by atoms with E-state index in [1.807, 2.05) is 5.40 Å². The Morgan fingerprint density at radius 2 is 2.36 bits per heavy atom. The molecule has 0 aromatic heterocycles.